The second-order valence-corrected chi connectivity index (χ2v) is 5.17. The molecule has 6 heteroatoms. The molecule has 2 aromatic heterocycles. The third-order valence-electron chi connectivity index (χ3n) is 3.38. The molecule has 0 bridgehead atoms. The predicted octanol–water partition coefficient (Wildman–Crippen LogP) is 3.39. The van der Waals surface area contributed by atoms with Crippen LogP contribution in [-0.4, -0.2) is 15.7 Å². The molecule has 0 fully saturated rings. The summed E-state index contributed by atoms with van der Waals surface area (Å²) < 4.78 is 20.9. The molecular formula is C17H16FN3O2. The normalized spacial score (nSPS) is 10.7. The highest BCUT2D eigenvalue weighted by Crippen LogP contribution is 2.25. The van der Waals surface area contributed by atoms with E-state index in [0.717, 1.165) is 0 Å². The fourth-order valence-electron chi connectivity index (χ4n) is 2.24. The monoisotopic (exact) mass is 313 g/mol. The number of aromatic nitrogens is 2. The Balaban J connectivity index is 1.59. The van der Waals surface area contributed by atoms with Gasteiger partial charge < -0.3 is 9.73 Å². The number of anilines is 1. The summed E-state index contributed by atoms with van der Waals surface area (Å²) in [5.41, 5.74) is 0.414. The maximum absolute atomic E-state index is 13.7. The molecule has 1 amide bonds. The molecule has 23 heavy (non-hydrogen) atoms. The third-order valence-corrected chi connectivity index (χ3v) is 3.38. The number of nitrogens with zero attached hydrogens (tertiary/aromatic N) is 2. The lowest BCUT2D eigenvalue weighted by atomic mass is 10.1. The topological polar surface area (TPSA) is 60.1 Å². The van der Waals surface area contributed by atoms with Gasteiger partial charge in [0.15, 0.2) is 5.82 Å². The van der Waals surface area contributed by atoms with Crippen LogP contribution in [0, 0.1) is 5.82 Å². The number of halogens is 1. The van der Waals surface area contributed by atoms with E-state index in [4.69, 9.17) is 4.42 Å². The molecule has 0 unspecified atom stereocenters. The quantitative estimate of drug-likeness (QED) is 0.785. The van der Waals surface area contributed by atoms with Gasteiger partial charge in [-0.15, -0.1) is 0 Å². The molecule has 1 N–H and O–H groups in total. The van der Waals surface area contributed by atoms with E-state index in [9.17, 15) is 9.18 Å². The largest absolute Gasteiger partial charge is 0.461 e. The number of amides is 1. The van der Waals surface area contributed by atoms with Crippen molar-refractivity contribution in [1.82, 2.24) is 9.78 Å². The van der Waals surface area contributed by atoms with E-state index in [-0.39, 0.29) is 18.1 Å². The minimum atomic E-state index is -0.332. The third kappa shape index (κ3) is 3.66. The highest BCUT2D eigenvalue weighted by Gasteiger charge is 2.11. The highest BCUT2D eigenvalue weighted by molar-refractivity contribution is 5.89. The van der Waals surface area contributed by atoms with E-state index in [1.807, 2.05) is 0 Å². The fraction of sp³-hybridized carbons (Fsp3) is 0.176. The Morgan fingerprint density at radius 2 is 2.09 bits per heavy atom. The summed E-state index contributed by atoms with van der Waals surface area (Å²) in [5.74, 6) is 1.14. The predicted molar refractivity (Wildman–Crippen MR) is 84.3 cm³/mol. The molecule has 0 aliphatic carbocycles. The van der Waals surface area contributed by atoms with E-state index < -0.39 is 0 Å². The summed E-state index contributed by atoms with van der Waals surface area (Å²) in [7, 11) is 1.78. The number of carbonyl (C=O) groups excluding carboxylic acids is 1. The standard InChI is InChI=1S/C17H16FN3O2/c1-21-11-10-16(20-21)19-17(22)9-7-12-6-8-15(23-12)13-4-2-3-5-14(13)18/h2-6,8,10-11H,7,9H2,1H3,(H,19,20,22). The molecular weight excluding hydrogens is 297 g/mol. The summed E-state index contributed by atoms with van der Waals surface area (Å²) in [6.45, 7) is 0. The lowest BCUT2D eigenvalue weighted by Crippen LogP contribution is -2.12. The van der Waals surface area contributed by atoms with Crippen LogP contribution in [0.25, 0.3) is 11.3 Å². The van der Waals surface area contributed by atoms with E-state index in [0.29, 0.717) is 29.3 Å². The van der Waals surface area contributed by atoms with Gasteiger partial charge in [-0.05, 0) is 24.3 Å². The van der Waals surface area contributed by atoms with Gasteiger partial charge in [-0.2, -0.15) is 5.10 Å². The Morgan fingerprint density at radius 1 is 1.26 bits per heavy atom. The number of benzene rings is 1. The van der Waals surface area contributed by atoms with Gasteiger partial charge in [0.25, 0.3) is 0 Å². The van der Waals surface area contributed by atoms with Crippen molar-refractivity contribution >= 4 is 11.7 Å². The van der Waals surface area contributed by atoms with Gasteiger partial charge >= 0.3 is 0 Å². The Kier molecular flexibility index (Phi) is 4.23. The molecule has 2 heterocycles. The summed E-state index contributed by atoms with van der Waals surface area (Å²) in [6, 6.07) is 11.6. The van der Waals surface area contributed by atoms with Crippen molar-refractivity contribution in [2.75, 3.05) is 5.32 Å². The van der Waals surface area contributed by atoms with Crippen molar-refractivity contribution < 1.29 is 13.6 Å². The Hall–Kier alpha value is -2.89. The molecule has 118 valence electrons. The molecule has 0 radical (unpaired) electrons. The van der Waals surface area contributed by atoms with Crippen LogP contribution < -0.4 is 5.32 Å². The number of rotatable bonds is 5. The molecule has 0 aliphatic heterocycles. The number of hydrogen-bond acceptors (Lipinski definition) is 3. The molecule has 0 atom stereocenters. The zero-order valence-electron chi connectivity index (χ0n) is 12.6. The SMILES string of the molecule is Cn1ccc(NC(=O)CCc2ccc(-c3ccccc3F)o2)n1. The van der Waals surface area contributed by atoms with Crippen molar-refractivity contribution in [3.05, 3.63) is 60.2 Å². The molecule has 5 nitrogen and oxygen atoms in total. The van der Waals surface area contributed by atoms with Crippen molar-refractivity contribution in [3.8, 4) is 11.3 Å². The van der Waals surface area contributed by atoms with Gasteiger partial charge in [0.2, 0.25) is 5.91 Å². The number of furan rings is 1. The zero-order valence-corrected chi connectivity index (χ0v) is 12.6. The second-order valence-electron chi connectivity index (χ2n) is 5.17. The Labute approximate surface area is 132 Å². The first kappa shape index (κ1) is 15.0. The van der Waals surface area contributed by atoms with Gasteiger partial charge in [0, 0.05) is 32.2 Å². The number of hydrogen-bond donors (Lipinski definition) is 1. The molecule has 1 aromatic carbocycles. The average Bonchev–Trinajstić information content (AvgIpc) is 3.15. The summed E-state index contributed by atoms with van der Waals surface area (Å²) in [6.07, 6.45) is 2.46. The van der Waals surface area contributed by atoms with Gasteiger partial charge in [-0.3, -0.25) is 9.48 Å². The number of aryl methyl sites for hydroxylation is 2. The molecule has 0 saturated carbocycles. The minimum absolute atomic E-state index is 0.146. The van der Waals surface area contributed by atoms with Crippen LogP contribution in [0.5, 0.6) is 0 Å². The van der Waals surface area contributed by atoms with Gasteiger partial charge in [0.05, 0.1) is 5.56 Å². The van der Waals surface area contributed by atoms with Gasteiger partial charge in [-0.25, -0.2) is 4.39 Å². The molecule has 0 saturated heterocycles. The van der Waals surface area contributed by atoms with Crippen LogP contribution in [0.15, 0.2) is 53.1 Å². The van der Waals surface area contributed by atoms with Crippen molar-refractivity contribution in [2.24, 2.45) is 7.05 Å². The molecule has 3 aromatic rings. The van der Waals surface area contributed by atoms with Crippen LogP contribution >= 0.6 is 0 Å². The van der Waals surface area contributed by atoms with Crippen molar-refractivity contribution in [1.29, 1.82) is 0 Å². The van der Waals surface area contributed by atoms with Crippen LogP contribution in [0.3, 0.4) is 0 Å². The first-order chi connectivity index (χ1) is 11.1. The molecule has 3 rings (SSSR count). The average molecular weight is 313 g/mol. The minimum Gasteiger partial charge on any atom is -0.461 e. The van der Waals surface area contributed by atoms with Gasteiger partial charge in [-0.1, -0.05) is 12.1 Å². The smallest absolute Gasteiger partial charge is 0.226 e. The van der Waals surface area contributed by atoms with Crippen LogP contribution in [0.1, 0.15) is 12.2 Å². The number of nitrogens with one attached hydrogen (secondary N) is 1. The maximum atomic E-state index is 13.7. The van der Waals surface area contributed by atoms with Crippen LogP contribution in [0.2, 0.25) is 0 Å². The summed E-state index contributed by atoms with van der Waals surface area (Å²) in [5, 5.41) is 6.79. The highest BCUT2D eigenvalue weighted by atomic mass is 19.1. The first-order valence-corrected chi connectivity index (χ1v) is 7.25. The lowest BCUT2D eigenvalue weighted by Gasteiger charge is -2.01. The van der Waals surface area contributed by atoms with E-state index in [1.54, 1.807) is 54.3 Å². The Bertz CT molecular complexity index is 823. The summed E-state index contributed by atoms with van der Waals surface area (Å²) >= 11 is 0. The molecule has 0 aliphatic rings. The number of carbonyl (C=O) groups is 1. The maximum Gasteiger partial charge on any atom is 0.226 e. The van der Waals surface area contributed by atoms with E-state index in [1.165, 1.54) is 6.07 Å². The second kappa shape index (κ2) is 6.48. The van der Waals surface area contributed by atoms with E-state index >= 15 is 0 Å². The Morgan fingerprint density at radius 3 is 2.83 bits per heavy atom. The first-order valence-electron chi connectivity index (χ1n) is 7.25. The zero-order chi connectivity index (χ0) is 16.2. The molecule has 0 spiro atoms. The van der Waals surface area contributed by atoms with E-state index in [2.05, 4.69) is 10.4 Å². The van der Waals surface area contributed by atoms with Crippen LogP contribution in [-0.2, 0) is 18.3 Å². The van der Waals surface area contributed by atoms with Crippen molar-refractivity contribution in [2.45, 2.75) is 12.8 Å². The lowest BCUT2D eigenvalue weighted by molar-refractivity contribution is -0.116. The summed E-state index contributed by atoms with van der Waals surface area (Å²) in [4.78, 5) is 11.9. The van der Waals surface area contributed by atoms with Gasteiger partial charge in [0.1, 0.15) is 17.3 Å². The van der Waals surface area contributed by atoms with Crippen LogP contribution in [0.4, 0.5) is 10.2 Å². The fourth-order valence-corrected chi connectivity index (χ4v) is 2.24. The van der Waals surface area contributed by atoms with Crippen molar-refractivity contribution in [3.63, 3.8) is 0 Å².